The topological polar surface area (TPSA) is 72.9 Å². The van der Waals surface area contributed by atoms with Crippen molar-refractivity contribution in [3.8, 4) is 0 Å². The van der Waals surface area contributed by atoms with Gasteiger partial charge in [0.25, 0.3) is 0 Å². The van der Waals surface area contributed by atoms with Gasteiger partial charge in [-0.3, -0.25) is 9.48 Å². The average molecular weight is 266 g/mol. The first-order chi connectivity index (χ1) is 8.62. The number of hydrogen-bond acceptors (Lipinski definition) is 3. The summed E-state index contributed by atoms with van der Waals surface area (Å²) in [6.45, 7) is 11.0. The number of hydrogen-bond donors (Lipinski definition) is 2. The second-order valence-electron chi connectivity index (χ2n) is 6.43. The van der Waals surface area contributed by atoms with E-state index in [1.54, 1.807) is 0 Å². The highest BCUT2D eigenvalue weighted by molar-refractivity contribution is 5.80. The Hall–Kier alpha value is -1.36. The number of aromatic nitrogens is 2. The quantitative estimate of drug-likeness (QED) is 0.844. The fraction of sp³-hybridized carbons (Fsp3) is 0.714. The van der Waals surface area contributed by atoms with Gasteiger partial charge < -0.3 is 11.1 Å². The lowest BCUT2D eigenvalue weighted by molar-refractivity contribution is -0.121. The highest BCUT2D eigenvalue weighted by Gasteiger charge is 2.24. The predicted octanol–water partition coefficient (Wildman–Crippen LogP) is 1.32. The maximum atomic E-state index is 11.4. The van der Waals surface area contributed by atoms with Crippen LogP contribution < -0.4 is 11.1 Å². The number of nitrogens with one attached hydrogen (secondary N) is 1. The Bertz CT molecular complexity index is 443. The van der Waals surface area contributed by atoms with Gasteiger partial charge in [0.2, 0.25) is 5.91 Å². The summed E-state index contributed by atoms with van der Waals surface area (Å²) >= 11 is 0. The van der Waals surface area contributed by atoms with E-state index in [1.165, 1.54) is 0 Å². The third-order valence-corrected chi connectivity index (χ3v) is 3.10. The smallest absolute Gasteiger partial charge is 0.234 e. The summed E-state index contributed by atoms with van der Waals surface area (Å²) in [5.74, 6) is -0.136. The Kier molecular flexibility index (Phi) is 4.74. The summed E-state index contributed by atoms with van der Waals surface area (Å²) < 4.78 is 1.81. The molecule has 1 atom stereocenters. The molecule has 0 aromatic carbocycles. The Morgan fingerprint density at radius 2 is 2.05 bits per heavy atom. The van der Waals surface area contributed by atoms with Crippen LogP contribution in [-0.2, 0) is 23.8 Å². The number of carbonyl (C=O) groups excluding carboxylic acids is 1. The van der Waals surface area contributed by atoms with Crippen molar-refractivity contribution >= 4 is 5.91 Å². The summed E-state index contributed by atoms with van der Waals surface area (Å²) in [6.07, 6.45) is 1.99. The highest BCUT2D eigenvalue weighted by atomic mass is 16.1. The van der Waals surface area contributed by atoms with Gasteiger partial charge in [0.15, 0.2) is 0 Å². The first-order valence-electron chi connectivity index (χ1n) is 6.68. The molecule has 0 bridgehead atoms. The van der Waals surface area contributed by atoms with Gasteiger partial charge in [-0.2, -0.15) is 5.10 Å². The van der Waals surface area contributed by atoms with Crippen LogP contribution in [0, 0.1) is 5.92 Å². The van der Waals surface area contributed by atoms with Crippen LogP contribution in [0.4, 0.5) is 0 Å². The van der Waals surface area contributed by atoms with Crippen molar-refractivity contribution < 1.29 is 4.79 Å². The van der Waals surface area contributed by atoms with Crippen molar-refractivity contribution in [2.75, 3.05) is 0 Å². The lowest BCUT2D eigenvalue weighted by Gasteiger charge is -2.21. The molecular formula is C14H26N4O. The Labute approximate surface area is 115 Å². The molecule has 1 heterocycles. The van der Waals surface area contributed by atoms with Crippen molar-refractivity contribution in [2.24, 2.45) is 18.7 Å². The number of aryl methyl sites for hydroxylation is 1. The average Bonchev–Trinajstić information content (AvgIpc) is 2.58. The van der Waals surface area contributed by atoms with Gasteiger partial charge in [-0.15, -0.1) is 0 Å². The molecule has 5 heteroatoms. The van der Waals surface area contributed by atoms with Gasteiger partial charge in [0.1, 0.15) is 0 Å². The first-order valence-corrected chi connectivity index (χ1v) is 6.68. The molecule has 0 saturated heterocycles. The van der Waals surface area contributed by atoms with E-state index in [-0.39, 0.29) is 23.3 Å². The molecule has 1 aromatic rings. The number of amides is 1. The van der Waals surface area contributed by atoms with Gasteiger partial charge in [-0.05, 0) is 5.92 Å². The van der Waals surface area contributed by atoms with Crippen LogP contribution in [0.25, 0.3) is 0 Å². The summed E-state index contributed by atoms with van der Waals surface area (Å²) in [5.41, 5.74) is 7.56. The van der Waals surface area contributed by atoms with Gasteiger partial charge in [-0.1, -0.05) is 34.6 Å². The van der Waals surface area contributed by atoms with Crippen molar-refractivity contribution in [2.45, 2.75) is 52.6 Å². The van der Waals surface area contributed by atoms with E-state index in [0.29, 0.717) is 6.54 Å². The molecule has 0 aliphatic heterocycles. The molecule has 1 rings (SSSR count). The van der Waals surface area contributed by atoms with Crippen LogP contribution >= 0.6 is 0 Å². The molecule has 1 amide bonds. The first kappa shape index (κ1) is 15.7. The minimum Gasteiger partial charge on any atom is -0.368 e. The van der Waals surface area contributed by atoms with E-state index in [2.05, 4.69) is 31.2 Å². The van der Waals surface area contributed by atoms with Gasteiger partial charge in [0, 0.05) is 30.8 Å². The second kappa shape index (κ2) is 5.74. The second-order valence-corrected chi connectivity index (χ2v) is 6.43. The summed E-state index contributed by atoms with van der Waals surface area (Å²) in [4.78, 5) is 11.4. The van der Waals surface area contributed by atoms with Crippen LogP contribution in [0.2, 0.25) is 0 Å². The van der Waals surface area contributed by atoms with Crippen LogP contribution in [0.1, 0.15) is 45.9 Å². The molecule has 0 radical (unpaired) electrons. The molecule has 0 aliphatic carbocycles. The van der Waals surface area contributed by atoms with E-state index in [4.69, 9.17) is 5.73 Å². The summed E-state index contributed by atoms with van der Waals surface area (Å²) in [7, 11) is 1.91. The molecule has 0 aliphatic rings. The van der Waals surface area contributed by atoms with E-state index in [1.807, 2.05) is 31.8 Å². The van der Waals surface area contributed by atoms with E-state index < -0.39 is 0 Å². The SMILES string of the molecule is CC(C)C(NCc1cn(C)nc1C(C)(C)C)C(N)=O. The largest absolute Gasteiger partial charge is 0.368 e. The normalized spacial score (nSPS) is 13.8. The fourth-order valence-corrected chi connectivity index (χ4v) is 2.18. The maximum Gasteiger partial charge on any atom is 0.234 e. The number of rotatable bonds is 5. The van der Waals surface area contributed by atoms with Crippen molar-refractivity contribution in [3.05, 3.63) is 17.5 Å². The summed E-state index contributed by atoms with van der Waals surface area (Å²) in [6, 6.07) is -0.312. The van der Waals surface area contributed by atoms with E-state index >= 15 is 0 Å². The predicted molar refractivity (Wildman–Crippen MR) is 76.6 cm³/mol. The lowest BCUT2D eigenvalue weighted by Crippen LogP contribution is -2.44. The Balaban J connectivity index is 2.86. The molecule has 3 N–H and O–H groups in total. The van der Waals surface area contributed by atoms with Crippen LogP contribution in [-0.4, -0.2) is 21.7 Å². The van der Waals surface area contributed by atoms with Crippen molar-refractivity contribution in [3.63, 3.8) is 0 Å². The molecule has 1 aromatic heterocycles. The zero-order valence-corrected chi connectivity index (χ0v) is 12.8. The van der Waals surface area contributed by atoms with Crippen molar-refractivity contribution in [1.82, 2.24) is 15.1 Å². The fourth-order valence-electron chi connectivity index (χ4n) is 2.18. The molecule has 0 fully saturated rings. The van der Waals surface area contributed by atoms with Gasteiger partial charge >= 0.3 is 0 Å². The zero-order valence-electron chi connectivity index (χ0n) is 12.8. The highest BCUT2D eigenvalue weighted by Crippen LogP contribution is 2.24. The number of nitrogens with two attached hydrogens (primary N) is 1. The van der Waals surface area contributed by atoms with E-state index in [9.17, 15) is 4.79 Å². The third-order valence-electron chi connectivity index (χ3n) is 3.10. The van der Waals surface area contributed by atoms with Crippen LogP contribution in [0.15, 0.2) is 6.20 Å². The van der Waals surface area contributed by atoms with Gasteiger partial charge in [-0.25, -0.2) is 0 Å². The monoisotopic (exact) mass is 266 g/mol. The number of nitrogens with zero attached hydrogens (tertiary/aromatic N) is 2. The lowest BCUT2D eigenvalue weighted by atomic mass is 9.89. The minimum absolute atomic E-state index is 0.0156. The molecule has 0 spiro atoms. The number of primary amides is 1. The zero-order chi connectivity index (χ0) is 14.8. The van der Waals surface area contributed by atoms with E-state index in [0.717, 1.165) is 11.3 Å². The van der Waals surface area contributed by atoms with Crippen molar-refractivity contribution in [1.29, 1.82) is 0 Å². The minimum atomic E-state index is -0.312. The molecule has 0 saturated carbocycles. The molecule has 108 valence electrons. The number of carbonyl (C=O) groups is 1. The molecule has 19 heavy (non-hydrogen) atoms. The van der Waals surface area contributed by atoms with Crippen LogP contribution in [0.5, 0.6) is 0 Å². The molecule has 5 nitrogen and oxygen atoms in total. The third kappa shape index (κ3) is 4.06. The van der Waals surface area contributed by atoms with Gasteiger partial charge in [0.05, 0.1) is 11.7 Å². The standard InChI is InChI=1S/C14H26N4O/c1-9(2)11(13(15)19)16-7-10-8-18(6)17-12(10)14(3,4)5/h8-9,11,16H,7H2,1-6H3,(H2,15,19). The molecular weight excluding hydrogens is 240 g/mol. The van der Waals surface area contributed by atoms with Crippen LogP contribution in [0.3, 0.4) is 0 Å². The summed E-state index contributed by atoms with van der Waals surface area (Å²) in [5, 5.41) is 7.74. The Morgan fingerprint density at radius 1 is 1.47 bits per heavy atom. The maximum absolute atomic E-state index is 11.4. The Morgan fingerprint density at radius 3 is 2.47 bits per heavy atom. The molecule has 1 unspecified atom stereocenters.